The Morgan fingerprint density at radius 3 is 2.48 bits per heavy atom. The SMILES string of the molecule is CC(C)(C)CC(=O)Nc1c(C(=O)Nc2cccc(F)c2)oc2ccccc12. The molecule has 0 aliphatic heterocycles. The number of fused-ring (bicyclic) bond motifs is 1. The van der Waals surface area contributed by atoms with Gasteiger partial charge in [0.1, 0.15) is 17.1 Å². The third-order valence-corrected chi connectivity index (χ3v) is 3.84. The molecule has 0 aliphatic carbocycles. The van der Waals surface area contributed by atoms with Gasteiger partial charge in [-0.15, -0.1) is 0 Å². The summed E-state index contributed by atoms with van der Waals surface area (Å²) in [6, 6.07) is 12.6. The quantitative estimate of drug-likeness (QED) is 0.665. The van der Waals surface area contributed by atoms with Crippen molar-refractivity contribution in [2.24, 2.45) is 5.41 Å². The second kappa shape index (κ2) is 7.23. The third kappa shape index (κ3) is 4.53. The van der Waals surface area contributed by atoms with Crippen LogP contribution in [0.4, 0.5) is 15.8 Å². The lowest BCUT2D eigenvalue weighted by molar-refractivity contribution is -0.117. The standard InChI is InChI=1S/C21H21FN2O3/c1-21(2,3)12-17(25)24-18-15-9-4-5-10-16(15)27-19(18)20(26)23-14-8-6-7-13(22)11-14/h4-11H,12H2,1-3H3,(H,23,26)(H,24,25). The molecule has 27 heavy (non-hydrogen) atoms. The maximum absolute atomic E-state index is 13.4. The van der Waals surface area contributed by atoms with Crippen molar-refractivity contribution < 1.29 is 18.4 Å². The minimum absolute atomic E-state index is 0.0253. The first kappa shape index (κ1) is 18.6. The molecule has 0 atom stereocenters. The summed E-state index contributed by atoms with van der Waals surface area (Å²) >= 11 is 0. The molecule has 0 unspecified atom stereocenters. The van der Waals surface area contributed by atoms with Gasteiger partial charge >= 0.3 is 0 Å². The molecule has 0 spiro atoms. The zero-order valence-electron chi connectivity index (χ0n) is 15.4. The van der Waals surface area contributed by atoms with E-state index in [1.54, 1.807) is 30.3 Å². The van der Waals surface area contributed by atoms with E-state index in [-0.39, 0.29) is 23.5 Å². The van der Waals surface area contributed by atoms with E-state index in [9.17, 15) is 14.0 Å². The van der Waals surface area contributed by atoms with Gasteiger partial charge in [0.05, 0.1) is 0 Å². The first-order valence-electron chi connectivity index (χ1n) is 8.61. The first-order chi connectivity index (χ1) is 12.7. The van der Waals surface area contributed by atoms with Crippen LogP contribution in [0.3, 0.4) is 0 Å². The number of benzene rings is 2. The van der Waals surface area contributed by atoms with Crippen LogP contribution in [0.15, 0.2) is 52.9 Å². The van der Waals surface area contributed by atoms with E-state index in [0.717, 1.165) is 0 Å². The van der Waals surface area contributed by atoms with Crippen LogP contribution in [0.2, 0.25) is 0 Å². The number of amides is 2. The van der Waals surface area contributed by atoms with Crippen molar-refractivity contribution in [1.82, 2.24) is 0 Å². The second-order valence-corrected chi connectivity index (χ2v) is 7.55. The Bertz CT molecular complexity index is 1000. The minimum Gasteiger partial charge on any atom is -0.449 e. The van der Waals surface area contributed by atoms with Crippen LogP contribution in [0.5, 0.6) is 0 Å². The Hall–Kier alpha value is -3.15. The minimum atomic E-state index is -0.567. The summed E-state index contributed by atoms with van der Waals surface area (Å²) in [4.78, 5) is 25.1. The Labute approximate surface area is 156 Å². The van der Waals surface area contributed by atoms with Crippen LogP contribution in [0.25, 0.3) is 11.0 Å². The highest BCUT2D eigenvalue weighted by Gasteiger charge is 2.24. The number of para-hydroxylation sites is 1. The molecular weight excluding hydrogens is 347 g/mol. The molecule has 140 valence electrons. The van der Waals surface area contributed by atoms with Gasteiger partial charge in [-0.05, 0) is 35.7 Å². The van der Waals surface area contributed by atoms with Crippen molar-refractivity contribution in [2.45, 2.75) is 27.2 Å². The summed E-state index contributed by atoms with van der Waals surface area (Å²) in [6.45, 7) is 5.87. The molecule has 5 nitrogen and oxygen atoms in total. The number of anilines is 2. The fraction of sp³-hybridized carbons (Fsp3) is 0.238. The average Bonchev–Trinajstić information content (AvgIpc) is 2.92. The van der Waals surface area contributed by atoms with E-state index >= 15 is 0 Å². The lowest BCUT2D eigenvalue weighted by atomic mass is 9.92. The molecule has 0 saturated carbocycles. The Morgan fingerprint density at radius 1 is 1.04 bits per heavy atom. The lowest BCUT2D eigenvalue weighted by Gasteiger charge is -2.17. The molecule has 3 aromatic rings. The van der Waals surface area contributed by atoms with Gasteiger partial charge in [-0.1, -0.05) is 39.0 Å². The summed E-state index contributed by atoms with van der Waals surface area (Å²) in [5.41, 5.74) is 0.891. The smallest absolute Gasteiger partial charge is 0.293 e. The summed E-state index contributed by atoms with van der Waals surface area (Å²) in [5.74, 6) is -1.27. The van der Waals surface area contributed by atoms with E-state index in [1.807, 2.05) is 20.8 Å². The molecule has 0 bridgehead atoms. The van der Waals surface area contributed by atoms with Gasteiger partial charge in [0.2, 0.25) is 11.7 Å². The number of halogens is 1. The van der Waals surface area contributed by atoms with Gasteiger partial charge in [-0.2, -0.15) is 0 Å². The van der Waals surface area contributed by atoms with E-state index in [4.69, 9.17) is 4.42 Å². The van der Waals surface area contributed by atoms with Crippen LogP contribution in [0, 0.1) is 11.2 Å². The second-order valence-electron chi connectivity index (χ2n) is 7.55. The molecule has 0 saturated heterocycles. The highest BCUT2D eigenvalue weighted by atomic mass is 19.1. The summed E-state index contributed by atoms with van der Waals surface area (Å²) in [7, 11) is 0. The molecule has 2 N–H and O–H groups in total. The zero-order valence-corrected chi connectivity index (χ0v) is 15.4. The molecule has 3 rings (SSSR count). The average molecular weight is 368 g/mol. The van der Waals surface area contributed by atoms with Crippen molar-refractivity contribution in [3.8, 4) is 0 Å². The Morgan fingerprint density at radius 2 is 1.78 bits per heavy atom. The van der Waals surface area contributed by atoms with E-state index < -0.39 is 11.7 Å². The summed E-state index contributed by atoms with van der Waals surface area (Å²) < 4.78 is 19.0. The third-order valence-electron chi connectivity index (χ3n) is 3.84. The topological polar surface area (TPSA) is 71.3 Å². The first-order valence-corrected chi connectivity index (χ1v) is 8.61. The summed E-state index contributed by atoms with van der Waals surface area (Å²) in [5, 5.41) is 6.03. The Kier molecular flexibility index (Phi) is 4.99. The predicted molar refractivity (Wildman–Crippen MR) is 103 cm³/mol. The number of hydrogen-bond donors (Lipinski definition) is 2. The van der Waals surface area contributed by atoms with Crippen LogP contribution in [-0.4, -0.2) is 11.8 Å². The monoisotopic (exact) mass is 368 g/mol. The molecule has 0 radical (unpaired) electrons. The molecule has 2 amide bonds. The van der Waals surface area contributed by atoms with Crippen LogP contribution < -0.4 is 10.6 Å². The molecule has 1 heterocycles. The summed E-state index contributed by atoms with van der Waals surface area (Å²) in [6.07, 6.45) is 0.289. The number of nitrogens with one attached hydrogen (secondary N) is 2. The maximum atomic E-state index is 13.4. The van der Waals surface area contributed by atoms with E-state index in [2.05, 4.69) is 10.6 Å². The van der Waals surface area contributed by atoms with Crippen LogP contribution >= 0.6 is 0 Å². The molecule has 6 heteroatoms. The van der Waals surface area contributed by atoms with Crippen molar-refractivity contribution in [2.75, 3.05) is 10.6 Å². The highest BCUT2D eigenvalue weighted by molar-refractivity contribution is 6.14. The zero-order chi connectivity index (χ0) is 19.6. The van der Waals surface area contributed by atoms with Gasteiger partial charge in [0.15, 0.2) is 0 Å². The molecule has 0 aliphatic rings. The van der Waals surface area contributed by atoms with Gasteiger partial charge < -0.3 is 15.1 Å². The molecule has 1 aromatic heterocycles. The van der Waals surface area contributed by atoms with Gasteiger partial charge in [-0.3, -0.25) is 9.59 Å². The van der Waals surface area contributed by atoms with Gasteiger partial charge in [0, 0.05) is 17.5 Å². The van der Waals surface area contributed by atoms with E-state index in [0.29, 0.717) is 22.3 Å². The maximum Gasteiger partial charge on any atom is 0.293 e. The largest absolute Gasteiger partial charge is 0.449 e. The molecular formula is C21H21FN2O3. The fourth-order valence-electron chi connectivity index (χ4n) is 2.75. The highest BCUT2D eigenvalue weighted by Crippen LogP contribution is 2.32. The van der Waals surface area contributed by atoms with Crippen molar-refractivity contribution in [3.63, 3.8) is 0 Å². The number of hydrogen-bond acceptors (Lipinski definition) is 3. The Balaban J connectivity index is 1.94. The van der Waals surface area contributed by atoms with Crippen molar-refractivity contribution >= 4 is 34.2 Å². The predicted octanol–water partition coefficient (Wildman–Crippen LogP) is 5.20. The van der Waals surface area contributed by atoms with Crippen LogP contribution in [0.1, 0.15) is 37.7 Å². The van der Waals surface area contributed by atoms with Crippen molar-refractivity contribution in [1.29, 1.82) is 0 Å². The number of furan rings is 1. The number of carbonyl (C=O) groups excluding carboxylic acids is 2. The normalized spacial score (nSPS) is 11.4. The molecule has 0 fully saturated rings. The van der Waals surface area contributed by atoms with Gasteiger partial charge in [0.25, 0.3) is 5.91 Å². The fourth-order valence-corrected chi connectivity index (χ4v) is 2.75. The van der Waals surface area contributed by atoms with E-state index in [1.165, 1.54) is 18.2 Å². The molecule has 2 aromatic carbocycles. The van der Waals surface area contributed by atoms with Gasteiger partial charge in [-0.25, -0.2) is 4.39 Å². The number of carbonyl (C=O) groups is 2. The number of rotatable bonds is 4. The van der Waals surface area contributed by atoms with Crippen molar-refractivity contribution in [3.05, 3.63) is 60.1 Å². The van der Waals surface area contributed by atoms with Crippen LogP contribution in [-0.2, 0) is 4.79 Å². The lowest BCUT2D eigenvalue weighted by Crippen LogP contribution is -2.21.